The third-order valence-electron chi connectivity index (χ3n) is 6.02. The second-order valence-electron chi connectivity index (χ2n) is 7.93. The topological polar surface area (TPSA) is 82.1 Å². The van der Waals surface area contributed by atoms with Crippen LogP contribution in [0.4, 0.5) is 17.5 Å². The lowest BCUT2D eigenvalue weighted by atomic mass is 9.97. The molecule has 0 amide bonds. The fourth-order valence-electron chi connectivity index (χ4n) is 4.28. The average Bonchev–Trinajstić information content (AvgIpc) is 3.45. The quantitative estimate of drug-likeness (QED) is 0.411. The van der Waals surface area contributed by atoms with Gasteiger partial charge in [0.05, 0.1) is 18.5 Å². The summed E-state index contributed by atoms with van der Waals surface area (Å²) in [6.45, 7) is 0. The molecule has 0 bridgehead atoms. The van der Waals surface area contributed by atoms with E-state index in [0.29, 0.717) is 22.7 Å². The van der Waals surface area contributed by atoms with Crippen LogP contribution < -0.4 is 15.4 Å². The van der Waals surface area contributed by atoms with Crippen molar-refractivity contribution in [3.63, 3.8) is 0 Å². The number of ether oxygens (including phenoxy) is 1. The highest BCUT2D eigenvalue weighted by molar-refractivity contribution is 6.30. The lowest BCUT2D eigenvalue weighted by Gasteiger charge is -2.21. The van der Waals surface area contributed by atoms with Crippen LogP contribution in [-0.2, 0) is 6.42 Å². The number of aromatic nitrogens is 4. The minimum absolute atomic E-state index is 0.164. The summed E-state index contributed by atoms with van der Waals surface area (Å²) in [4.78, 5) is 15.5. The van der Waals surface area contributed by atoms with Crippen molar-refractivity contribution in [2.24, 2.45) is 0 Å². The van der Waals surface area contributed by atoms with Crippen LogP contribution >= 0.6 is 23.2 Å². The molecule has 0 spiro atoms. The maximum atomic E-state index is 6.37. The van der Waals surface area contributed by atoms with Crippen LogP contribution in [0.2, 0.25) is 10.2 Å². The number of nitrogen functional groups attached to an aromatic ring is 1. The van der Waals surface area contributed by atoms with Crippen LogP contribution in [0.25, 0.3) is 5.69 Å². The lowest BCUT2D eigenvalue weighted by Crippen LogP contribution is -2.16. The van der Waals surface area contributed by atoms with Gasteiger partial charge >= 0.3 is 0 Å². The summed E-state index contributed by atoms with van der Waals surface area (Å²) in [5.74, 6) is 1.89. The highest BCUT2D eigenvalue weighted by Gasteiger charge is 2.29. The van der Waals surface area contributed by atoms with Gasteiger partial charge in [-0.2, -0.15) is 4.98 Å². The summed E-state index contributed by atoms with van der Waals surface area (Å²) in [6.07, 6.45) is 5.17. The van der Waals surface area contributed by atoms with E-state index >= 15 is 0 Å². The molecule has 1 atom stereocenters. The van der Waals surface area contributed by atoms with Crippen LogP contribution in [0.5, 0.6) is 5.75 Å². The van der Waals surface area contributed by atoms with Crippen molar-refractivity contribution < 1.29 is 4.74 Å². The van der Waals surface area contributed by atoms with E-state index in [1.807, 2.05) is 46.8 Å². The van der Waals surface area contributed by atoms with Gasteiger partial charge in [-0.3, -0.25) is 0 Å². The van der Waals surface area contributed by atoms with Gasteiger partial charge in [-0.25, -0.2) is 9.97 Å². The van der Waals surface area contributed by atoms with Gasteiger partial charge in [0.1, 0.15) is 23.0 Å². The van der Waals surface area contributed by atoms with Gasteiger partial charge in [0.25, 0.3) is 0 Å². The molecule has 9 heteroatoms. The van der Waals surface area contributed by atoms with Crippen LogP contribution in [0.3, 0.4) is 0 Å². The van der Waals surface area contributed by atoms with E-state index in [1.165, 1.54) is 5.56 Å². The van der Waals surface area contributed by atoms with Gasteiger partial charge in [-0.15, -0.1) is 0 Å². The van der Waals surface area contributed by atoms with E-state index < -0.39 is 0 Å². The molecule has 2 N–H and O–H groups in total. The van der Waals surface area contributed by atoms with Crippen molar-refractivity contribution in [1.29, 1.82) is 0 Å². The molecule has 0 saturated carbocycles. The first-order valence-corrected chi connectivity index (χ1v) is 11.2. The molecule has 33 heavy (non-hydrogen) atoms. The monoisotopic (exact) mass is 480 g/mol. The molecule has 7 nitrogen and oxygen atoms in total. The number of fused-ring (bicyclic) bond motifs is 1. The van der Waals surface area contributed by atoms with E-state index in [2.05, 4.69) is 22.1 Å². The van der Waals surface area contributed by atoms with E-state index in [9.17, 15) is 0 Å². The van der Waals surface area contributed by atoms with Gasteiger partial charge < -0.3 is 19.9 Å². The molecule has 0 aliphatic heterocycles. The first kappa shape index (κ1) is 21.6. The van der Waals surface area contributed by atoms with Gasteiger partial charge in [-0.05, 0) is 42.7 Å². The number of halogens is 2. The second kappa shape index (κ2) is 8.57. The second-order valence-corrected chi connectivity index (χ2v) is 8.76. The number of nitrogens with zero attached hydrogens (tertiary/aromatic N) is 5. The molecule has 2 aromatic carbocycles. The Morgan fingerprint density at radius 2 is 1.91 bits per heavy atom. The maximum Gasteiger partial charge on any atom is 0.231 e. The number of nitrogens with two attached hydrogens (primary N) is 1. The van der Waals surface area contributed by atoms with E-state index in [-0.39, 0.29) is 5.92 Å². The molecule has 4 aromatic rings. The molecule has 2 heterocycles. The van der Waals surface area contributed by atoms with Crippen LogP contribution in [0, 0.1) is 0 Å². The van der Waals surface area contributed by atoms with Crippen molar-refractivity contribution >= 4 is 40.7 Å². The Labute approximate surface area is 201 Å². The van der Waals surface area contributed by atoms with Crippen molar-refractivity contribution in [1.82, 2.24) is 19.5 Å². The Morgan fingerprint density at radius 3 is 2.61 bits per heavy atom. The van der Waals surface area contributed by atoms with Crippen molar-refractivity contribution in [3.8, 4) is 11.4 Å². The first-order valence-electron chi connectivity index (χ1n) is 10.5. The smallest absolute Gasteiger partial charge is 0.231 e. The van der Waals surface area contributed by atoms with Crippen LogP contribution in [-0.4, -0.2) is 33.7 Å². The first-order chi connectivity index (χ1) is 15.9. The van der Waals surface area contributed by atoms with Crippen LogP contribution in [0.15, 0.2) is 55.0 Å². The summed E-state index contributed by atoms with van der Waals surface area (Å²) in [7, 11) is 3.54. The minimum Gasteiger partial charge on any atom is -0.494 e. The van der Waals surface area contributed by atoms with Gasteiger partial charge in [-0.1, -0.05) is 35.3 Å². The molecule has 168 valence electrons. The van der Waals surface area contributed by atoms with E-state index in [1.54, 1.807) is 19.6 Å². The normalized spacial score (nSPS) is 14.8. The fraction of sp³-hybridized carbons (Fsp3) is 0.208. The molecule has 0 unspecified atom stereocenters. The van der Waals surface area contributed by atoms with Crippen molar-refractivity contribution in [2.75, 3.05) is 24.8 Å². The number of rotatable bonds is 5. The van der Waals surface area contributed by atoms with Gasteiger partial charge in [0.2, 0.25) is 5.95 Å². The predicted octanol–water partition coefficient (Wildman–Crippen LogP) is 5.41. The molecule has 1 aliphatic carbocycles. The largest absolute Gasteiger partial charge is 0.494 e. The zero-order chi connectivity index (χ0) is 23.1. The zero-order valence-electron chi connectivity index (χ0n) is 18.2. The van der Waals surface area contributed by atoms with Gasteiger partial charge in [0.15, 0.2) is 0 Å². The standard InChI is InChI=1S/C24H22Cl2N6O/c1-31(16-7-10-19(20(11-16)33-2)32-12-21(26)28-13-32)24-29-22-17(8-9-18(22)23(27)30-24)14-3-5-15(25)6-4-14/h3-7,10-13,17H,8-9H2,1-2H3,(H2,27,29,30)/t17-/m1/s1. The number of imidazole rings is 1. The average molecular weight is 481 g/mol. The Kier molecular flexibility index (Phi) is 5.60. The van der Waals surface area contributed by atoms with E-state index in [4.69, 9.17) is 38.7 Å². The third-order valence-corrected chi connectivity index (χ3v) is 6.47. The van der Waals surface area contributed by atoms with Gasteiger partial charge in [0, 0.05) is 41.5 Å². The molecule has 1 aliphatic rings. The predicted molar refractivity (Wildman–Crippen MR) is 131 cm³/mol. The Bertz CT molecular complexity index is 1320. The number of methoxy groups -OCH3 is 1. The summed E-state index contributed by atoms with van der Waals surface area (Å²) >= 11 is 12.1. The maximum absolute atomic E-state index is 6.37. The van der Waals surface area contributed by atoms with Crippen LogP contribution in [0.1, 0.15) is 29.2 Å². The lowest BCUT2D eigenvalue weighted by molar-refractivity contribution is 0.413. The Morgan fingerprint density at radius 1 is 1.12 bits per heavy atom. The fourth-order valence-corrected chi connectivity index (χ4v) is 4.56. The molecule has 2 aromatic heterocycles. The van der Waals surface area contributed by atoms with Crippen molar-refractivity contribution in [2.45, 2.75) is 18.8 Å². The Balaban J connectivity index is 1.50. The number of hydrogen-bond acceptors (Lipinski definition) is 6. The number of hydrogen-bond donors (Lipinski definition) is 1. The number of anilines is 3. The summed E-state index contributed by atoms with van der Waals surface area (Å²) in [6, 6.07) is 13.8. The highest BCUT2D eigenvalue weighted by Crippen LogP contribution is 2.40. The third kappa shape index (κ3) is 3.98. The molecule has 0 radical (unpaired) electrons. The number of benzene rings is 2. The molecule has 0 saturated heterocycles. The molecule has 0 fully saturated rings. The molecule has 5 rings (SSSR count). The molecular weight excluding hydrogens is 459 g/mol. The summed E-state index contributed by atoms with van der Waals surface area (Å²) < 4.78 is 7.43. The zero-order valence-corrected chi connectivity index (χ0v) is 19.7. The summed E-state index contributed by atoms with van der Waals surface area (Å²) in [5, 5.41) is 1.13. The minimum atomic E-state index is 0.164. The van der Waals surface area contributed by atoms with E-state index in [0.717, 1.165) is 40.5 Å². The summed E-state index contributed by atoms with van der Waals surface area (Å²) in [5.41, 5.74) is 11.2. The SMILES string of the molecule is COc1cc(N(C)c2nc(N)c3c(n2)[C@@H](c2ccc(Cl)cc2)CC3)ccc1-n1cnc(Cl)c1. The highest BCUT2D eigenvalue weighted by atomic mass is 35.5. The Hall–Kier alpha value is -3.29. The molecular formula is C24H22Cl2N6O. The van der Waals surface area contributed by atoms with Crippen molar-refractivity contribution in [3.05, 3.63) is 82.0 Å².